The molecular formula is C12H19N3O5. The average Bonchev–Trinajstić information content (AvgIpc) is 2.95. The van der Waals surface area contributed by atoms with Gasteiger partial charge in [0.25, 0.3) is 0 Å². The minimum atomic E-state index is -1.19. The van der Waals surface area contributed by atoms with Crippen molar-refractivity contribution in [1.82, 2.24) is 10.6 Å². The summed E-state index contributed by atoms with van der Waals surface area (Å²) in [6.45, 7) is 0. The van der Waals surface area contributed by atoms with Crippen molar-refractivity contribution in [3.05, 3.63) is 0 Å². The van der Waals surface area contributed by atoms with Crippen LogP contribution in [0.2, 0.25) is 0 Å². The number of ether oxygens (including phenoxy) is 1. The largest absolute Gasteiger partial charge is 0.480 e. The number of carboxylic acids is 1. The minimum absolute atomic E-state index is 0.0225. The monoisotopic (exact) mass is 285 g/mol. The molecule has 2 heterocycles. The van der Waals surface area contributed by atoms with Crippen LogP contribution in [0.25, 0.3) is 0 Å². The van der Waals surface area contributed by atoms with Crippen LogP contribution < -0.4 is 16.4 Å². The van der Waals surface area contributed by atoms with E-state index in [1.807, 2.05) is 0 Å². The van der Waals surface area contributed by atoms with E-state index in [0.29, 0.717) is 0 Å². The summed E-state index contributed by atoms with van der Waals surface area (Å²) in [5, 5.41) is 14.1. The molecule has 0 saturated carbocycles. The SMILES string of the molecule is NC(=O)CC[C@H](NC(=O)NC1CC2CCC1O2)C(=O)O. The summed E-state index contributed by atoms with van der Waals surface area (Å²) in [5.74, 6) is -1.79. The van der Waals surface area contributed by atoms with Gasteiger partial charge in [0.1, 0.15) is 6.04 Å². The Morgan fingerprint density at radius 3 is 2.60 bits per heavy atom. The molecule has 0 spiro atoms. The standard InChI is InChI=1S/C12H19N3O5/c13-10(16)4-2-7(11(17)18)14-12(19)15-8-5-6-1-3-9(8)20-6/h6-9H,1-5H2,(H2,13,16)(H,17,18)(H2,14,15,19)/t6?,7-,8?,9?/m0/s1. The minimum Gasteiger partial charge on any atom is -0.480 e. The summed E-state index contributed by atoms with van der Waals surface area (Å²) in [7, 11) is 0. The number of nitrogens with one attached hydrogen (secondary N) is 2. The van der Waals surface area contributed by atoms with E-state index in [2.05, 4.69) is 10.6 Å². The van der Waals surface area contributed by atoms with Crippen molar-refractivity contribution in [2.45, 2.75) is 56.4 Å². The second-order valence-corrected chi connectivity index (χ2v) is 5.23. The Kier molecular flexibility index (Phi) is 4.43. The second-order valence-electron chi connectivity index (χ2n) is 5.23. The van der Waals surface area contributed by atoms with Gasteiger partial charge in [0.15, 0.2) is 0 Å². The third-order valence-corrected chi connectivity index (χ3v) is 3.71. The Labute approximate surface area is 116 Å². The van der Waals surface area contributed by atoms with Gasteiger partial charge in [0, 0.05) is 6.42 Å². The number of carbonyl (C=O) groups excluding carboxylic acids is 2. The Morgan fingerprint density at radius 1 is 1.35 bits per heavy atom. The summed E-state index contributed by atoms with van der Waals surface area (Å²) < 4.78 is 5.60. The van der Waals surface area contributed by atoms with E-state index in [1.165, 1.54) is 0 Å². The van der Waals surface area contributed by atoms with Crippen molar-refractivity contribution >= 4 is 17.9 Å². The Balaban J connectivity index is 1.79. The molecule has 2 aliphatic heterocycles. The van der Waals surface area contributed by atoms with Gasteiger partial charge in [-0.3, -0.25) is 4.79 Å². The average molecular weight is 285 g/mol. The Morgan fingerprint density at radius 2 is 2.10 bits per heavy atom. The molecule has 2 fully saturated rings. The van der Waals surface area contributed by atoms with Crippen molar-refractivity contribution in [3.8, 4) is 0 Å². The zero-order chi connectivity index (χ0) is 14.7. The maximum absolute atomic E-state index is 11.8. The highest BCUT2D eigenvalue weighted by molar-refractivity contribution is 5.83. The molecule has 0 aromatic rings. The first-order valence-corrected chi connectivity index (χ1v) is 6.69. The molecule has 112 valence electrons. The molecule has 8 heteroatoms. The van der Waals surface area contributed by atoms with E-state index < -0.39 is 23.9 Å². The molecule has 5 N–H and O–H groups in total. The highest BCUT2D eigenvalue weighted by Gasteiger charge is 2.41. The van der Waals surface area contributed by atoms with Gasteiger partial charge in [0.2, 0.25) is 5.91 Å². The topological polar surface area (TPSA) is 131 Å². The van der Waals surface area contributed by atoms with E-state index in [0.717, 1.165) is 19.3 Å². The number of urea groups is 1. The van der Waals surface area contributed by atoms with Gasteiger partial charge in [-0.15, -0.1) is 0 Å². The quantitative estimate of drug-likeness (QED) is 0.514. The van der Waals surface area contributed by atoms with Crippen LogP contribution >= 0.6 is 0 Å². The van der Waals surface area contributed by atoms with Crippen LogP contribution in [-0.4, -0.2) is 47.3 Å². The summed E-state index contributed by atoms with van der Waals surface area (Å²) in [6.07, 6.45) is 2.81. The number of primary amides is 1. The van der Waals surface area contributed by atoms with Crippen LogP contribution in [0.3, 0.4) is 0 Å². The maximum atomic E-state index is 11.8. The van der Waals surface area contributed by atoms with Gasteiger partial charge in [-0.25, -0.2) is 9.59 Å². The zero-order valence-electron chi connectivity index (χ0n) is 11.0. The highest BCUT2D eigenvalue weighted by atomic mass is 16.5. The van der Waals surface area contributed by atoms with E-state index in [1.54, 1.807) is 0 Å². The molecule has 2 aliphatic rings. The molecule has 0 aliphatic carbocycles. The third-order valence-electron chi connectivity index (χ3n) is 3.71. The number of amides is 3. The fourth-order valence-electron chi connectivity index (χ4n) is 2.70. The maximum Gasteiger partial charge on any atom is 0.326 e. The molecule has 4 atom stereocenters. The van der Waals surface area contributed by atoms with Crippen LogP contribution in [0.15, 0.2) is 0 Å². The number of carbonyl (C=O) groups is 3. The predicted octanol–water partition coefficient (Wildman–Crippen LogP) is -0.676. The Hall–Kier alpha value is -1.83. The molecule has 2 bridgehead atoms. The van der Waals surface area contributed by atoms with E-state index >= 15 is 0 Å². The first-order valence-electron chi connectivity index (χ1n) is 6.69. The van der Waals surface area contributed by atoms with Crippen molar-refractivity contribution < 1.29 is 24.2 Å². The van der Waals surface area contributed by atoms with Crippen molar-refractivity contribution in [3.63, 3.8) is 0 Å². The zero-order valence-corrected chi connectivity index (χ0v) is 11.0. The lowest BCUT2D eigenvalue weighted by Gasteiger charge is -2.22. The predicted molar refractivity (Wildman–Crippen MR) is 67.8 cm³/mol. The van der Waals surface area contributed by atoms with E-state index in [9.17, 15) is 14.4 Å². The van der Waals surface area contributed by atoms with Gasteiger partial charge in [-0.1, -0.05) is 0 Å². The molecule has 2 saturated heterocycles. The highest BCUT2D eigenvalue weighted by Crippen LogP contribution is 2.34. The van der Waals surface area contributed by atoms with Crippen molar-refractivity contribution in [2.75, 3.05) is 0 Å². The molecule has 0 radical (unpaired) electrons. The van der Waals surface area contributed by atoms with Crippen LogP contribution in [0.1, 0.15) is 32.1 Å². The normalized spacial score (nSPS) is 28.9. The number of aliphatic carboxylic acids is 1. The van der Waals surface area contributed by atoms with Crippen molar-refractivity contribution in [2.24, 2.45) is 5.73 Å². The summed E-state index contributed by atoms with van der Waals surface area (Å²) in [6, 6.07) is -1.75. The lowest BCUT2D eigenvalue weighted by atomic mass is 9.96. The molecular weight excluding hydrogens is 266 g/mol. The third kappa shape index (κ3) is 3.60. The number of rotatable bonds is 6. The van der Waals surface area contributed by atoms with Gasteiger partial charge >= 0.3 is 12.0 Å². The van der Waals surface area contributed by atoms with Gasteiger partial charge in [0.05, 0.1) is 18.2 Å². The molecule has 3 unspecified atom stereocenters. The van der Waals surface area contributed by atoms with Crippen LogP contribution in [-0.2, 0) is 14.3 Å². The molecule has 2 rings (SSSR count). The number of hydrogen-bond acceptors (Lipinski definition) is 4. The smallest absolute Gasteiger partial charge is 0.326 e. The van der Waals surface area contributed by atoms with E-state index in [-0.39, 0.29) is 31.1 Å². The molecule has 20 heavy (non-hydrogen) atoms. The van der Waals surface area contributed by atoms with Gasteiger partial charge < -0.3 is 26.2 Å². The molecule has 0 aromatic heterocycles. The first kappa shape index (κ1) is 14.6. The number of hydrogen-bond donors (Lipinski definition) is 4. The number of carboxylic acid groups (broad SMARTS) is 1. The summed E-state index contributed by atoms with van der Waals surface area (Å²) >= 11 is 0. The first-order chi connectivity index (χ1) is 9.45. The van der Waals surface area contributed by atoms with E-state index in [4.69, 9.17) is 15.6 Å². The lowest BCUT2D eigenvalue weighted by molar-refractivity contribution is -0.139. The number of nitrogens with two attached hydrogens (primary N) is 1. The second kappa shape index (κ2) is 6.08. The fourth-order valence-corrected chi connectivity index (χ4v) is 2.70. The van der Waals surface area contributed by atoms with Crippen molar-refractivity contribution in [1.29, 1.82) is 0 Å². The van der Waals surface area contributed by atoms with Crippen LogP contribution in [0, 0.1) is 0 Å². The van der Waals surface area contributed by atoms with Gasteiger partial charge in [-0.2, -0.15) is 0 Å². The Bertz CT molecular complexity index is 414. The lowest BCUT2D eigenvalue weighted by Crippen LogP contribution is -2.51. The van der Waals surface area contributed by atoms with Crippen LogP contribution in [0.4, 0.5) is 4.79 Å². The van der Waals surface area contributed by atoms with Gasteiger partial charge in [-0.05, 0) is 25.7 Å². The molecule has 3 amide bonds. The molecule has 8 nitrogen and oxygen atoms in total. The van der Waals surface area contributed by atoms with Crippen LogP contribution in [0.5, 0.6) is 0 Å². The number of fused-ring (bicyclic) bond motifs is 2. The summed E-state index contributed by atoms with van der Waals surface area (Å²) in [5.41, 5.74) is 4.97. The fraction of sp³-hybridized carbons (Fsp3) is 0.750. The molecule has 0 aromatic carbocycles. The summed E-state index contributed by atoms with van der Waals surface area (Å²) in [4.78, 5) is 33.4.